The van der Waals surface area contributed by atoms with Crippen LogP contribution >= 0.6 is 0 Å². The highest BCUT2D eigenvalue weighted by Crippen LogP contribution is 2.39. The average molecular weight is 356 g/mol. The number of H-pyrrole nitrogens is 2. The van der Waals surface area contributed by atoms with Crippen molar-refractivity contribution >= 4 is 11.8 Å². The van der Waals surface area contributed by atoms with Gasteiger partial charge in [-0.1, -0.05) is 0 Å². The predicted molar refractivity (Wildman–Crippen MR) is 94.3 cm³/mol. The summed E-state index contributed by atoms with van der Waals surface area (Å²) in [5.41, 5.74) is 1.04. The van der Waals surface area contributed by atoms with E-state index in [0.717, 1.165) is 44.5 Å². The van der Waals surface area contributed by atoms with Crippen molar-refractivity contribution < 1.29 is 9.59 Å². The van der Waals surface area contributed by atoms with Crippen LogP contribution in [0.2, 0.25) is 0 Å². The molecule has 0 saturated carbocycles. The molecule has 0 aliphatic carbocycles. The molecule has 0 radical (unpaired) electrons. The second-order valence-corrected chi connectivity index (χ2v) is 7.41. The molecule has 2 amide bonds. The number of aromatic nitrogens is 4. The molecule has 0 bridgehead atoms. The van der Waals surface area contributed by atoms with Crippen molar-refractivity contribution in [3.8, 4) is 0 Å². The minimum absolute atomic E-state index is 0.00238. The van der Waals surface area contributed by atoms with Crippen molar-refractivity contribution in [1.29, 1.82) is 0 Å². The molecule has 2 aromatic rings. The van der Waals surface area contributed by atoms with Crippen LogP contribution < -0.4 is 0 Å². The van der Waals surface area contributed by atoms with Crippen LogP contribution in [0.1, 0.15) is 42.0 Å². The molecule has 2 aromatic heterocycles. The largest absolute Gasteiger partial charge is 0.348 e. The van der Waals surface area contributed by atoms with Gasteiger partial charge in [0.15, 0.2) is 5.82 Å². The Morgan fingerprint density at radius 3 is 2.96 bits per heavy atom. The Morgan fingerprint density at radius 1 is 1.27 bits per heavy atom. The summed E-state index contributed by atoms with van der Waals surface area (Å²) in [6.07, 6.45) is 10.9. The van der Waals surface area contributed by atoms with Crippen LogP contribution in [0.25, 0.3) is 0 Å². The Morgan fingerprint density at radius 2 is 2.19 bits per heavy atom. The van der Waals surface area contributed by atoms with E-state index < -0.39 is 0 Å². The lowest BCUT2D eigenvalue weighted by Crippen LogP contribution is -2.55. The Hall–Kier alpha value is -2.64. The lowest BCUT2D eigenvalue weighted by Gasteiger charge is -2.48. The smallest absolute Gasteiger partial charge is 0.289 e. The zero-order valence-electron chi connectivity index (χ0n) is 14.8. The standard InChI is InChI=1S/C18H24N6O2/c25-15-2-5-18(11-23(15)9-3-14-10-19-13-22-14)4-1-8-24(12-18)17(26)16-20-6-7-21-16/h6-7,10,13H,1-5,8-9,11-12H2,(H,19,22)(H,20,21). The zero-order chi connectivity index (χ0) is 18.0. The Balaban J connectivity index is 1.43. The van der Waals surface area contributed by atoms with Crippen LogP contribution in [0.3, 0.4) is 0 Å². The van der Waals surface area contributed by atoms with E-state index >= 15 is 0 Å². The monoisotopic (exact) mass is 356 g/mol. The van der Waals surface area contributed by atoms with Gasteiger partial charge < -0.3 is 19.8 Å². The van der Waals surface area contributed by atoms with Crippen molar-refractivity contribution in [2.24, 2.45) is 5.41 Å². The summed E-state index contributed by atoms with van der Waals surface area (Å²) in [4.78, 5) is 43.0. The molecule has 2 saturated heterocycles. The molecule has 4 rings (SSSR count). The maximum atomic E-state index is 12.7. The van der Waals surface area contributed by atoms with Crippen molar-refractivity contribution in [3.05, 3.63) is 36.4 Å². The second-order valence-electron chi connectivity index (χ2n) is 7.41. The van der Waals surface area contributed by atoms with Gasteiger partial charge in [-0.15, -0.1) is 0 Å². The minimum atomic E-state index is -0.0463. The van der Waals surface area contributed by atoms with Crippen molar-refractivity contribution in [2.75, 3.05) is 26.2 Å². The predicted octanol–water partition coefficient (Wildman–Crippen LogP) is 1.22. The number of aromatic amines is 2. The lowest BCUT2D eigenvalue weighted by atomic mass is 9.73. The van der Waals surface area contributed by atoms with E-state index in [2.05, 4.69) is 19.9 Å². The number of hydrogen-bond acceptors (Lipinski definition) is 4. The highest BCUT2D eigenvalue weighted by Gasteiger charge is 2.42. The summed E-state index contributed by atoms with van der Waals surface area (Å²) in [5.74, 6) is 0.560. The number of nitrogens with one attached hydrogen (secondary N) is 2. The molecule has 26 heavy (non-hydrogen) atoms. The molecule has 8 heteroatoms. The summed E-state index contributed by atoms with van der Waals surface area (Å²) >= 11 is 0. The van der Waals surface area contributed by atoms with E-state index in [-0.39, 0.29) is 17.2 Å². The number of imidazole rings is 2. The number of amides is 2. The van der Waals surface area contributed by atoms with Crippen LogP contribution in [-0.4, -0.2) is 67.7 Å². The lowest BCUT2D eigenvalue weighted by molar-refractivity contribution is -0.138. The fourth-order valence-electron chi connectivity index (χ4n) is 4.23. The number of hydrogen-bond donors (Lipinski definition) is 2. The molecular weight excluding hydrogens is 332 g/mol. The van der Waals surface area contributed by atoms with Gasteiger partial charge in [-0.25, -0.2) is 9.97 Å². The fourth-order valence-corrected chi connectivity index (χ4v) is 4.23. The normalized spacial score (nSPS) is 23.6. The number of likely N-dealkylation sites (tertiary alicyclic amines) is 2. The van der Waals surface area contributed by atoms with Crippen molar-refractivity contribution in [2.45, 2.75) is 32.1 Å². The molecule has 1 unspecified atom stereocenters. The van der Waals surface area contributed by atoms with E-state index in [1.54, 1.807) is 24.9 Å². The Kier molecular flexibility index (Phi) is 4.48. The summed E-state index contributed by atoms with van der Waals surface area (Å²) in [6, 6.07) is 0. The fraction of sp³-hybridized carbons (Fsp3) is 0.556. The van der Waals surface area contributed by atoms with Crippen LogP contribution in [0.15, 0.2) is 24.9 Å². The van der Waals surface area contributed by atoms with E-state index in [1.165, 1.54) is 0 Å². The maximum Gasteiger partial charge on any atom is 0.289 e. The molecule has 8 nitrogen and oxygen atoms in total. The number of nitrogens with zero attached hydrogens (tertiary/aromatic N) is 4. The molecule has 138 valence electrons. The van der Waals surface area contributed by atoms with Crippen molar-refractivity contribution in [1.82, 2.24) is 29.7 Å². The van der Waals surface area contributed by atoms with Crippen LogP contribution in [0.4, 0.5) is 0 Å². The first-order valence-corrected chi connectivity index (χ1v) is 9.19. The number of rotatable bonds is 4. The van der Waals surface area contributed by atoms with Gasteiger partial charge in [-0.3, -0.25) is 9.59 Å². The van der Waals surface area contributed by atoms with Gasteiger partial charge in [0.1, 0.15) is 0 Å². The third kappa shape index (κ3) is 3.36. The SMILES string of the molecule is O=C1CCC2(CCCN(C(=O)c3ncc[nH]3)C2)CN1CCc1cnc[nH]1. The van der Waals surface area contributed by atoms with E-state index in [0.29, 0.717) is 25.3 Å². The van der Waals surface area contributed by atoms with Gasteiger partial charge in [-0.2, -0.15) is 0 Å². The number of piperidine rings is 2. The first-order chi connectivity index (χ1) is 12.7. The summed E-state index contributed by atoms with van der Waals surface area (Å²) in [6.45, 7) is 2.86. The molecule has 0 aromatic carbocycles. The topological polar surface area (TPSA) is 98.0 Å². The Labute approximate surface area is 152 Å². The highest BCUT2D eigenvalue weighted by atomic mass is 16.2. The summed E-state index contributed by atoms with van der Waals surface area (Å²) in [5, 5.41) is 0. The van der Waals surface area contributed by atoms with E-state index in [9.17, 15) is 9.59 Å². The van der Waals surface area contributed by atoms with E-state index in [1.807, 2.05) is 9.80 Å². The highest BCUT2D eigenvalue weighted by molar-refractivity contribution is 5.90. The maximum absolute atomic E-state index is 12.7. The Bertz CT molecular complexity index is 757. The third-order valence-corrected chi connectivity index (χ3v) is 5.60. The minimum Gasteiger partial charge on any atom is -0.348 e. The molecular formula is C18H24N6O2. The average Bonchev–Trinajstić information content (AvgIpc) is 3.36. The van der Waals surface area contributed by atoms with Crippen LogP contribution in [-0.2, 0) is 11.2 Å². The summed E-state index contributed by atoms with van der Waals surface area (Å²) in [7, 11) is 0. The van der Waals surface area contributed by atoms with Crippen molar-refractivity contribution in [3.63, 3.8) is 0 Å². The number of carbonyl (C=O) groups is 2. The molecule has 1 atom stereocenters. The van der Waals surface area contributed by atoms with Gasteiger partial charge in [-0.05, 0) is 19.3 Å². The zero-order valence-corrected chi connectivity index (χ0v) is 14.8. The van der Waals surface area contributed by atoms with Crippen LogP contribution in [0.5, 0.6) is 0 Å². The van der Waals surface area contributed by atoms with Gasteiger partial charge in [0.2, 0.25) is 5.91 Å². The molecule has 2 N–H and O–H groups in total. The van der Waals surface area contributed by atoms with Gasteiger partial charge >= 0.3 is 0 Å². The van der Waals surface area contributed by atoms with Gasteiger partial charge in [0.05, 0.1) is 6.33 Å². The van der Waals surface area contributed by atoms with Crippen LogP contribution in [0, 0.1) is 5.41 Å². The van der Waals surface area contributed by atoms with E-state index in [4.69, 9.17) is 0 Å². The molecule has 2 aliphatic rings. The molecule has 2 aliphatic heterocycles. The third-order valence-electron chi connectivity index (χ3n) is 5.60. The second kappa shape index (κ2) is 6.93. The molecule has 4 heterocycles. The summed E-state index contributed by atoms with van der Waals surface area (Å²) < 4.78 is 0. The first-order valence-electron chi connectivity index (χ1n) is 9.19. The quantitative estimate of drug-likeness (QED) is 0.860. The molecule has 2 fully saturated rings. The first kappa shape index (κ1) is 16.8. The molecule has 1 spiro atoms. The van der Waals surface area contributed by atoms with Gasteiger partial charge in [0, 0.05) is 68.7 Å². The van der Waals surface area contributed by atoms with Gasteiger partial charge in [0.25, 0.3) is 5.91 Å². The number of carbonyl (C=O) groups excluding carboxylic acids is 2.